The van der Waals surface area contributed by atoms with Gasteiger partial charge in [-0.15, -0.1) is 5.10 Å². The Morgan fingerprint density at radius 2 is 2.29 bits per heavy atom. The first kappa shape index (κ1) is 14.4. The highest BCUT2D eigenvalue weighted by molar-refractivity contribution is 5.84. The molecule has 0 saturated carbocycles. The predicted octanol–water partition coefficient (Wildman–Crippen LogP) is 1.31. The average Bonchev–Trinajstić information content (AvgIpc) is 2.89. The Morgan fingerprint density at radius 1 is 1.52 bits per heavy atom. The number of aromatic nitrogens is 3. The van der Waals surface area contributed by atoms with Gasteiger partial charge in [-0.3, -0.25) is 10.1 Å². The molecule has 0 bridgehead atoms. The molecule has 2 aromatic rings. The van der Waals surface area contributed by atoms with Crippen LogP contribution in [0, 0.1) is 17.0 Å². The second-order valence-electron chi connectivity index (χ2n) is 4.36. The lowest BCUT2D eigenvalue weighted by Crippen LogP contribution is -2.12. The lowest BCUT2D eigenvalue weighted by atomic mass is 10.2. The minimum absolute atomic E-state index is 0.0111. The molecule has 0 spiro atoms. The van der Waals surface area contributed by atoms with Gasteiger partial charge in [-0.1, -0.05) is 11.3 Å². The van der Waals surface area contributed by atoms with Crippen LogP contribution in [-0.4, -0.2) is 37.5 Å². The zero-order valence-corrected chi connectivity index (χ0v) is 11.2. The summed E-state index contributed by atoms with van der Waals surface area (Å²) in [7, 11) is 0. The highest BCUT2D eigenvalue weighted by Gasteiger charge is 2.09. The van der Waals surface area contributed by atoms with Crippen molar-refractivity contribution in [2.24, 2.45) is 0 Å². The summed E-state index contributed by atoms with van der Waals surface area (Å²) in [6.07, 6.45) is 1.32. The van der Waals surface area contributed by atoms with Gasteiger partial charge in [-0.25, -0.2) is 9.48 Å². The molecule has 21 heavy (non-hydrogen) atoms. The Hall–Kier alpha value is -2.97. The van der Waals surface area contributed by atoms with Gasteiger partial charge in [-0.05, 0) is 12.5 Å². The molecular formula is C12H13N5O4. The van der Waals surface area contributed by atoms with E-state index in [1.165, 1.54) is 23.0 Å². The molecule has 1 heterocycles. The van der Waals surface area contributed by atoms with Gasteiger partial charge >= 0.3 is 5.97 Å². The van der Waals surface area contributed by atoms with E-state index in [4.69, 9.17) is 5.11 Å². The topological polar surface area (TPSA) is 123 Å². The number of aryl methyl sites for hydroxylation is 1. The van der Waals surface area contributed by atoms with Crippen molar-refractivity contribution in [1.82, 2.24) is 15.0 Å². The predicted molar refractivity (Wildman–Crippen MR) is 73.3 cm³/mol. The second-order valence-corrected chi connectivity index (χ2v) is 4.36. The van der Waals surface area contributed by atoms with Gasteiger partial charge in [0.1, 0.15) is 0 Å². The maximum absolute atomic E-state index is 10.7. The molecule has 0 aliphatic rings. The van der Waals surface area contributed by atoms with E-state index in [-0.39, 0.29) is 11.4 Å². The molecule has 0 amide bonds. The van der Waals surface area contributed by atoms with E-state index in [0.29, 0.717) is 18.8 Å². The number of hydrogen-bond acceptors (Lipinski definition) is 6. The molecule has 0 atom stereocenters. The van der Waals surface area contributed by atoms with Crippen LogP contribution < -0.4 is 5.32 Å². The number of aromatic carboxylic acids is 1. The van der Waals surface area contributed by atoms with Crippen LogP contribution in [0.5, 0.6) is 0 Å². The fourth-order valence-corrected chi connectivity index (χ4v) is 1.72. The quantitative estimate of drug-likeness (QED) is 0.607. The van der Waals surface area contributed by atoms with Crippen LogP contribution in [0.4, 0.5) is 11.4 Å². The standard InChI is InChI=1S/C12H13N5O4/c1-8-2-3-9(17(20)21)6-10(8)13-4-5-16-7-11(12(18)19)14-15-16/h2-3,6-7,13H,4-5H2,1H3,(H,18,19). The molecule has 1 aromatic carbocycles. The third-order valence-corrected chi connectivity index (χ3v) is 2.85. The number of hydrogen-bond donors (Lipinski definition) is 2. The molecule has 0 radical (unpaired) electrons. The molecule has 0 aliphatic carbocycles. The number of nitro benzene ring substituents is 1. The number of nitrogens with zero attached hydrogens (tertiary/aromatic N) is 4. The largest absolute Gasteiger partial charge is 0.476 e. The lowest BCUT2D eigenvalue weighted by molar-refractivity contribution is -0.384. The number of rotatable bonds is 6. The van der Waals surface area contributed by atoms with Crippen LogP contribution in [0.2, 0.25) is 0 Å². The molecule has 110 valence electrons. The lowest BCUT2D eigenvalue weighted by Gasteiger charge is -2.09. The van der Waals surface area contributed by atoms with E-state index in [2.05, 4.69) is 15.6 Å². The van der Waals surface area contributed by atoms with Gasteiger partial charge < -0.3 is 10.4 Å². The van der Waals surface area contributed by atoms with Crippen molar-refractivity contribution in [1.29, 1.82) is 0 Å². The summed E-state index contributed by atoms with van der Waals surface area (Å²) in [4.78, 5) is 20.9. The molecule has 0 fully saturated rings. The number of carboxylic acids is 1. The summed E-state index contributed by atoms with van der Waals surface area (Å²) in [6, 6.07) is 4.56. The Kier molecular flexibility index (Phi) is 4.12. The zero-order chi connectivity index (χ0) is 15.4. The van der Waals surface area contributed by atoms with Crippen molar-refractivity contribution in [3.8, 4) is 0 Å². The minimum atomic E-state index is -1.14. The summed E-state index contributed by atoms with van der Waals surface area (Å²) >= 11 is 0. The van der Waals surface area contributed by atoms with Crippen LogP contribution in [0.1, 0.15) is 16.1 Å². The van der Waals surface area contributed by atoms with Crippen LogP contribution in [0.15, 0.2) is 24.4 Å². The summed E-state index contributed by atoms with van der Waals surface area (Å²) in [6.45, 7) is 2.66. The number of benzene rings is 1. The summed E-state index contributed by atoms with van der Waals surface area (Å²) in [5, 5.41) is 29.7. The number of non-ortho nitro benzene ring substituents is 1. The summed E-state index contributed by atoms with van der Waals surface area (Å²) < 4.78 is 1.39. The number of anilines is 1. The highest BCUT2D eigenvalue weighted by Crippen LogP contribution is 2.21. The van der Waals surface area contributed by atoms with Gasteiger partial charge in [0, 0.05) is 24.4 Å². The number of carbonyl (C=O) groups is 1. The molecule has 9 heteroatoms. The van der Waals surface area contributed by atoms with Gasteiger partial charge in [0.25, 0.3) is 5.69 Å². The van der Waals surface area contributed by atoms with Crippen molar-refractivity contribution >= 4 is 17.3 Å². The van der Waals surface area contributed by atoms with Crippen molar-refractivity contribution in [3.63, 3.8) is 0 Å². The van der Waals surface area contributed by atoms with Gasteiger partial charge in [0.05, 0.1) is 17.7 Å². The van der Waals surface area contributed by atoms with Gasteiger partial charge in [0.15, 0.2) is 5.69 Å². The Bertz CT molecular complexity index is 682. The van der Waals surface area contributed by atoms with E-state index in [0.717, 1.165) is 5.56 Å². The SMILES string of the molecule is Cc1ccc([N+](=O)[O-])cc1NCCn1cc(C(=O)O)nn1. The van der Waals surface area contributed by atoms with Crippen molar-refractivity contribution in [2.45, 2.75) is 13.5 Å². The number of carboxylic acid groups (broad SMARTS) is 1. The highest BCUT2D eigenvalue weighted by atomic mass is 16.6. The average molecular weight is 291 g/mol. The first-order chi connectivity index (χ1) is 9.97. The molecule has 0 saturated heterocycles. The maximum atomic E-state index is 10.7. The third kappa shape index (κ3) is 3.53. The Balaban J connectivity index is 1.98. The van der Waals surface area contributed by atoms with Crippen LogP contribution in [0.25, 0.3) is 0 Å². The van der Waals surface area contributed by atoms with Gasteiger partial charge in [-0.2, -0.15) is 0 Å². The molecule has 0 aliphatic heterocycles. The Labute approximate surface area is 119 Å². The molecule has 2 rings (SSSR count). The smallest absolute Gasteiger partial charge is 0.358 e. The maximum Gasteiger partial charge on any atom is 0.358 e. The first-order valence-electron chi connectivity index (χ1n) is 6.09. The molecule has 0 unspecified atom stereocenters. The first-order valence-corrected chi connectivity index (χ1v) is 6.09. The normalized spacial score (nSPS) is 10.3. The Morgan fingerprint density at radius 3 is 2.90 bits per heavy atom. The van der Waals surface area contributed by atoms with Crippen LogP contribution in [0.3, 0.4) is 0 Å². The van der Waals surface area contributed by atoms with Gasteiger partial charge in [0.2, 0.25) is 0 Å². The molecule has 1 aromatic heterocycles. The van der Waals surface area contributed by atoms with Crippen LogP contribution >= 0.6 is 0 Å². The third-order valence-electron chi connectivity index (χ3n) is 2.85. The number of nitrogens with one attached hydrogen (secondary N) is 1. The second kappa shape index (κ2) is 5.99. The fraction of sp³-hybridized carbons (Fsp3) is 0.250. The number of nitro groups is 1. The monoisotopic (exact) mass is 291 g/mol. The minimum Gasteiger partial charge on any atom is -0.476 e. The van der Waals surface area contributed by atoms with Crippen molar-refractivity contribution < 1.29 is 14.8 Å². The van der Waals surface area contributed by atoms with Crippen LogP contribution in [-0.2, 0) is 6.54 Å². The summed E-state index contributed by atoms with van der Waals surface area (Å²) in [5.41, 5.74) is 1.42. The van der Waals surface area contributed by atoms with Crippen molar-refractivity contribution in [2.75, 3.05) is 11.9 Å². The zero-order valence-electron chi connectivity index (χ0n) is 11.2. The van der Waals surface area contributed by atoms with E-state index >= 15 is 0 Å². The summed E-state index contributed by atoms with van der Waals surface area (Å²) in [5.74, 6) is -1.14. The van der Waals surface area contributed by atoms with E-state index in [1.54, 1.807) is 6.07 Å². The molecule has 9 nitrogen and oxygen atoms in total. The van der Waals surface area contributed by atoms with E-state index in [1.807, 2.05) is 6.92 Å². The fourth-order valence-electron chi connectivity index (χ4n) is 1.72. The molecule has 2 N–H and O–H groups in total. The van der Waals surface area contributed by atoms with Crippen molar-refractivity contribution in [3.05, 3.63) is 45.8 Å². The van der Waals surface area contributed by atoms with E-state index in [9.17, 15) is 14.9 Å². The molecular weight excluding hydrogens is 278 g/mol. The van der Waals surface area contributed by atoms with E-state index < -0.39 is 10.9 Å².